The Morgan fingerprint density at radius 2 is 1.85 bits per heavy atom. The van der Waals surface area contributed by atoms with Crippen LogP contribution in [0.15, 0.2) is 48.5 Å². The van der Waals surface area contributed by atoms with Gasteiger partial charge in [0.2, 0.25) is 0 Å². The monoisotopic (exact) mass is 289 g/mol. The topological polar surface area (TPSA) is 21.3 Å². The SMILES string of the molecule is CNC(c1cccc(C)c1)C(C)Oc1cccc(Cl)c1. The Kier molecular flexibility index (Phi) is 5.05. The van der Waals surface area contributed by atoms with E-state index in [1.807, 2.05) is 31.3 Å². The summed E-state index contributed by atoms with van der Waals surface area (Å²) in [4.78, 5) is 0. The lowest BCUT2D eigenvalue weighted by Crippen LogP contribution is -2.31. The number of benzene rings is 2. The zero-order valence-corrected chi connectivity index (χ0v) is 12.8. The van der Waals surface area contributed by atoms with Gasteiger partial charge < -0.3 is 10.1 Å². The summed E-state index contributed by atoms with van der Waals surface area (Å²) in [6.45, 7) is 4.16. The van der Waals surface area contributed by atoms with Crippen LogP contribution in [0.3, 0.4) is 0 Å². The molecule has 0 aliphatic heterocycles. The number of hydrogen-bond donors (Lipinski definition) is 1. The van der Waals surface area contributed by atoms with E-state index in [1.165, 1.54) is 11.1 Å². The van der Waals surface area contributed by atoms with E-state index in [2.05, 4.69) is 43.4 Å². The molecule has 0 aliphatic rings. The Hall–Kier alpha value is -1.51. The van der Waals surface area contributed by atoms with Crippen LogP contribution >= 0.6 is 11.6 Å². The van der Waals surface area contributed by atoms with Gasteiger partial charge in [0.1, 0.15) is 11.9 Å². The van der Waals surface area contributed by atoms with Gasteiger partial charge in [-0.2, -0.15) is 0 Å². The molecule has 3 heteroatoms. The third-order valence-corrected chi connectivity index (χ3v) is 3.53. The third kappa shape index (κ3) is 3.75. The van der Waals surface area contributed by atoms with E-state index < -0.39 is 0 Å². The highest BCUT2D eigenvalue weighted by Crippen LogP contribution is 2.24. The summed E-state index contributed by atoms with van der Waals surface area (Å²) in [5, 5.41) is 4.01. The molecule has 0 heterocycles. The molecule has 20 heavy (non-hydrogen) atoms. The molecule has 1 N–H and O–H groups in total. The lowest BCUT2D eigenvalue weighted by Gasteiger charge is -2.25. The van der Waals surface area contributed by atoms with E-state index in [9.17, 15) is 0 Å². The first-order valence-corrected chi connectivity index (χ1v) is 7.14. The van der Waals surface area contributed by atoms with Crippen molar-refractivity contribution in [3.63, 3.8) is 0 Å². The van der Waals surface area contributed by atoms with Gasteiger partial charge in [0, 0.05) is 5.02 Å². The number of aryl methyl sites for hydroxylation is 1. The zero-order chi connectivity index (χ0) is 14.5. The highest BCUT2D eigenvalue weighted by molar-refractivity contribution is 6.30. The van der Waals surface area contributed by atoms with Gasteiger partial charge in [-0.3, -0.25) is 0 Å². The van der Waals surface area contributed by atoms with Gasteiger partial charge in [-0.1, -0.05) is 47.5 Å². The molecule has 0 saturated heterocycles. The number of rotatable bonds is 5. The first kappa shape index (κ1) is 14.9. The van der Waals surface area contributed by atoms with Crippen molar-refractivity contribution in [3.8, 4) is 5.75 Å². The summed E-state index contributed by atoms with van der Waals surface area (Å²) in [6, 6.07) is 16.1. The van der Waals surface area contributed by atoms with E-state index in [0.29, 0.717) is 5.02 Å². The lowest BCUT2D eigenvalue weighted by atomic mass is 10.0. The number of likely N-dealkylation sites (N-methyl/N-ethyl adjacent to an activating group) is 1. The van der Waals surface area contributed by atoms with E-state index in [4.69, 9.17) is 16.3 Å². The minimum absolute atomic E-state index is 0.000247. The second-order valence-electron chi connectivity index (χ2n) is 4.96. The standard InChI is InChI=1S/C17H20ClNO/c1-12-6-4-7-14(10-12)17(19-3)13(2)20-16-9-5-8-15(18)11-16/h4-11,13,17,19H,1-3H3. The highest BCUT2D eigenvalue weighted by Gasteiger charge is 2.19. The molecular weight excluding hydrogens is 270 g/mol. The maximum absolute atomic E-state index is 6.00. The van der Waals surface area contributed by atoms with Gasteiger partial charge in [0.25, 0.3) is 0 Å². The quantitative estimate of drug-likeness (QED) is 0.882. The predicted molar refractivity (Wildman–Crippen MR) is 84.5 cm³/mol. The van der Waals surface area contributed by atoms with Gasteiger partial charge in [0.05, 0.1) is 6.04 Å². The maximum Gasteiger partial charge on any atom is 0.121 e. The molecular formula is C17H20ClNO. The van der Waals surface area contributed by atoms with Crippen molar-refractivity contribution >= 4 is 11.6 Å². The highest BCUT2D eigenvalue weighted by atomic mass is 35.5. The first-order chi connectivity index (χ1) is 9.60. The fourth-order valence-electron chi connectivity index (χ4n) is 2.36. The van der Waals surface area contributed by atoms with Crippen LogP contribution in [-0.4, -0.2) is 13.2 Å². The summed E-state index contributed by atoms with van der Waals surface area (Å²) in [5.74, 6) is 0.790. The van der Waals surface area contributed by atoms with Crippen LogP contribution in [-0.2, 0) is 0 Å². The minimum Gasteiger partial charge on any atom is -0.489 e. The van der Waals surface area contributed by atoms with Crippen molar-refractivity contribution in [1.29, 1.82) is 0 Å². The smallest absolute Gasteiger partial charge is 0.121 e. The van der Waals surface area contributed by atoms with Crippen molar-refractivity contribution < 1.29 is 4.74 Å². The van der Waals surface area contributed by atoms with Gasteiger partial charge in [-0.15, -0.1) is 0 Å². The number of ether oxygens (including phenoxy) is 1. The Labute approximate surface area is 125 Å². The zero-order valence-electron chi connectivity index (χ0n) is 12.1. The van der Waals surface area contributed by atoms with E-state index in [1.54, 1.807) is 0 Å². The molecule has 2 aromatic carbocycles. The second-order valence-corrected chi connectivity index (χ2v) is 5.40. The number of nitrogens with one attached hydrogen (secondary N) is 1. The van der Waals surface area contributed by atoms with E-state index in [-0.39, 0.29) is 12.1 Å². The fraction of sp³-hybridized carbons (Fsp3) is 0.294. The Morgan fingerprint density at radius 1 is 1.10 bits per heavy atom. The van der Waals surface area contributed by atoms with E-state index >= 15 is 0 Å². The Bertz CT molecular complexity index is 570. The minimum atomic E-state index is 0.000247. The van der Waals surface area contributed by atoms with Crippen LogP contribution in [0.2, 0.25) is 5.02 Å². The average Bonchev–Trinajstić information content (AvgIpc) is 2.39. The molecule has 2 unspecified atom stereocenters. The molecule has 0 saturated carbocycles. The molecule has 2 atom stereocenters. The summed E-state index contributed by atoms with van der Waals surface area (Å²) in [7, 11) is 1.95. The Balaban J connectivity index is 2.15. The normalized spacial score (nSPS) is 13.8. The fourth-order valence-corrected chi connectivity index (χ4v) is 2.54. The summed E-state index contributed by atoms with van der Waals surface area (Å²) >= 11 is 5.98. The molecule has 0 aromatic heterocycles. The lowest BCUT2D eigenvalue weighted by molar-refractivity contribution is 0.175. The van der Waals surface area contributed by atoms with Crippen LogP contribution in [0, 0.1) is 6.92 Å². The van der Waals surface area contributed by atoms with Crippen molar-refractivity contribution in [1.82, 2.24) is 5.32 Å². The maximum atomic E-state index is 6.00. The molecule has 0 spiro atoms. The van der Waals surface area contributed by atoms with Crippen LogP contribution in [0.5, 0.6) is 5.75 Å². The van der Waals surface area contributed by atoms with Crippen LogP contribution in [0.1, 0.15) is 24.1 Å². The molecule has 0 bridgehead atoms. The molecule has 106 valence electrons. The van der Waals surface area contributed by atoms with Gasteiger partial charge in [-0.25, -0.2) is 0 Å². The van der Waals surface area contributed by atoms with Gasteiger partial charge >= 0.3 is 0 Å². The molecule has 0 fully saturated rings. The van der Waals surface area contributed by atoms with Crippen molar-refractivity contribution in [2.24, 2.45) is 0 Å². The number of hydrogen-bond acceptors (Lipinski definition) is 2. The van der Waals surface area contributed by atoms with Gasteiger partial charge in [0.15, 0.2) is 0 Å². The molecule has 0 aliphatic carbocycles. The third-order valence-electron chi connectivity index (χ3n) is 3.30. The summed E-state index contributed by atoms with van der Waals surface area (Å²) in [6.07, 6.45) is 0.000247. The van der Waals surface area contributed by atoms with Crippen molar-refractivity contribution in [2.75, 3.05) is 7.05 Å². The summed E-state index contributed by atoms with van der Waals surface area (Å²) in [5.41, 5.74) is 2.47. The second kappa shape index (κ2) is 6.78. The van der Waals surface area contributed by atoms with E-state index in [0.717, 1.165) is 5.75 Å². The molecule has 2 nitrogen and oxygen atoms in total. The molecule has 0 radical (unpaired) electrons. The predicted octanol–water partition coefficient (Wildman–Crippen LogP) is 4.38. The Morgan fingerprint density at radius 3 is 2.50 bits per heavy atom. The average molecular weight is 290 g/mol. The van der Waals surface area contributed by atoms with Crippen LogP contribution in [0.25, 0.3) is 0 Å². The van der Waals surface area contributed by atoms with Gasteiger partial charge in [-0.05, 0) is 44.7 Å². The number of halogens is 1. The van der Waals surface area contributed by atoms with Crippen LogP contribution in [0.4, 0.5) is 0 Å². The first-order valence-electron chi connectivity index (χ1n) is 6.76. The molecule has 2 rings (SSSR count). The van der Waals surface area contributed by atoms with Crippen molar-refractivity contribution in [2.45, 2.75) is 26.0 Å². The molecule has 2 aromatic rings. The largest absolute Gasteiger partial charge is 0.489 e. The molecule has 0 amide bonds. The van der Waals surface area contributed by atoms with Crippen LogP contribution < -0.4 is 10.1 Å². The van der Waals surface area contributed by atoms with Crippen molar-refractivity contribution in [3.05, 3.63) is 64.7 Å². The summed E-state index contributed by atoms with van der Waals surface area (Å²) < 4.78 is 6.00.